The van der Waals surface area contributed by atoms with Gasteiger partial charge in [-0.1, -0.05) is 46.9 Å². The fourth-order valence-electron chi connectivity index (χ4n) is 4.09. The average molecular weight is 449 g/mol. The number of Topliss-reactive ketones (excluding diaryl/α,β-unsaturated/α-hetero) is 1. The van der Waals surface area contributed by atoms with Crippen molar-refractivity contribution in [3.05, 3.63) is 57.2 Å². The normalized spacial score (nSPS) is 18.0. The van der Waals surface area contributed by atoms with E-state index >= 15 is 0 Å². The van der Waals surface area contributed by atoms with Crippen LogP contribution in [0.4, 0.5) is 5.82 Å². The minimum atomic E-state index is -0.575. The summed E-state index contributed by atoms with van der Waals surface area (Å²) >= 11 is 18.8. The number of halogens is 3. The number of fused-ring (bicyclic) bond motifs is 2. The number of benzene rings is 2. The maximum absolute atomic E-state index is 12.8. The Labute approximate surface area is 182 Å². The van der Waals surface area contributed by atoms with Crippen molar-refractivity contribution in [3.63, 3.8) is 0 Å². The highest BCUT2D eigenvalue weighted by Crippen LogP contribution is 2.44. The van der Waals surface area contributed by atoms with Gasteiger partial charge in [-0.15, -0.1) is 0 Å². The molecular formula is C21H16Cl3N3O2. The summed E-state index contributed by atoms with van der Waals surface area (Å²) in [6.07, 6.45) is 1.62. The Balaban J connectivity index is 1.41. The van der Waals surface area contributed by atoms with Gasteiger partial charge >= 0.3 is 0 Å². The third-order valence-corrected chi connectivity index (χ3v) is 6.35. The minimum absolute atomic E-state index is 0.00706. The second kappa shape index (κ2) is 7.01. The van der Waals surface area contributed by atoms with Gasteiger partial charge in [0.05, 0.1) is 28.0 Å². The number of carbonyl (C=O) groups is 1. The van der Waals surface area contributed by atoms with Crippen molar-refractivity contribution < 1.29 is 9.53 Å². The van der Waals surface area contributed by atoms with Gasteiger partial charge in [-0.05, 0) is 24.3 Å². The van der Waals surface area contributed by atoms with Crippen LogP contribution in [0.15, 0.2) is 36.4 Å². The van der Waals surface area contributed by atoms with Gasteiger partial charge in [-0.25, -0.2) is 9.97 Å². The molecule has 5 rings (SSSR count). The van der Waals surface area contributed by atoms with Crippen LogP contribution in [0, 0.1) is 0 Å². The summed E-state index contributed by atoms with van der Waals surface area (Å²) < 4.78 is 6.29. The average Bonchev–Trinajstić information content (AvgIpc) is 2.69. The molecule has 0 atom stereocenters. The fourth-order valence-corrected chi connectivity index (χ4v) is 4.87. The quantitative estimate of drug-likeness (QED) is 0.485. The minimum Gasteiger partial charge on any atom is -0.484 e. The molecule has 0 saturated carbocycles. The topological polar surface area (TPSA) is 55.3 Å². The Morgan fingerprint density at radius 1 is 1.00 bits per heavy atom. The Morgan fingerprint density at radius 2 is 1.69 bits per heavy atom. The zero-order chi connectivity index (χ0) is 20.2. The van der Waals surface area contributed by atoms with E-state index in [0.717, 1.165) is 11.0 Å². The summed E-state index contributed by atoms with van der Waals surface area (Å²) in [6.45, 7) is 1.31. The lowest BCUT2D eigenvalue weighted by atomic mass is 9.82. The fraction of sp³-hybridized carbons (Fsp3) is 0.286. The molecule has 29 heavy (non-hydrogen) atoms. The summed E-state index contributed by atoms with van der Waals surface area (Å²) in [7, 11) is 0. The SMILES string of the molecule is O=C1CC2(CCN(c3nc4ccccc4nc3Cl)CC2)Oc2c(Cl)cc(Cl)cc21. The van der Waals surface area contributed by atoms with E-state index in [1.165, 1.54) is 0 Å². The zero-order valence-corrected chi connectivity index (χ0v) is 17.6. The number of hydrogen-bond acceptors (Lipinski definition) is 5. The first-order chi connectivity index (χ1) is 13.9. The molecule has 3 heterocycles. The maximum atomic E-state index is 12.8. The first-order valence-electron chi connectivity index (χ1n) is 9.33. The van der Waals surface area contributed by atoms with E-state index in [-0.39, 0.29) is 5.78 Å². The predicted molar refractivity (Wildman–Crippen MR) is 115 cm³/mol. The molecular weight excluding hydrogens is 433 g/mol. The third-order valence-electron chi connectivity index (χ3n) is 5.60. The van der Waals surface area contributed by atoms with Crippen LogP contribution >= 0.6 is 34.8 Å². The van der Waals surface area contributed by atoms with E-state index in [9.17, 15) is 4.79 Å². The highest BCUT2D eigenvalue weighted by atomic mass is 35.5. The molecule has 3 aromatic rings. The largest absolute Gasteiger partial charge is 0.484 e. The van der Waals surface area contributed by atoms with Crippen molar-refractivity contribution in [1.82, 2.24) is 9.97 Å². The molecule has 0 unspecified atom stereocenters. The van der Waals surface area contributed by atoms with Crippen molar-refractivity contribution in [3.8, 4) is 5.75 Å². The van der Waals surface area contributed by atoms with Crippen LogP contribution in [0.5, 0.6) is 5.75 Å². The summed E-state index contributed by atoms with van der Waals surface area (Å²) in [5.41, 5.74) is 1.45. The number of anilines is 1. The van der Waals surface area contributed by atoms with Gasteiger partial charge in [0.15, 0.2) is 16.8 Å². The summed E-state index contributed by atoms with van der Waals surface area (Å²) in [5.74, 6) is 1.10. The van der Waals surface area contributed by atoms with Crippen molar-refractivity contribution in [2.24, 2.45) is 0 Å². The number of carbonyl (C=O) groups excluding carboxylic acids is 1. The van der Waals surface area contributed by atoms with E-state index in [1.54, 1.807) is 12.1 Å². The van der Waals surface area contributed by atoms with Gasteiger partial charge in [0.25, 0.3) is 0 Å². The number of para-hydroxylation sites is 2. The van der Waals surface area contributed by atoms with Crippen molar-refractivity contribution in [2.45, 2.75) is 24.9 Å². The summed E-state index contributed by atoms with van der Waals surface area (Å²) in [4.78, 5) is 24.0. The van der Waals surface area contributed by atoms with Crippen LogP contribution in [0.3, 0.4) is 0 Å². The molecule has 8 heteroatoms. The van der Waals surface area contributed by atoms with Crippen molar-refractivity contribution in [1.29, 1.82) is 0 Å². The molecule has 0 radical (unpaired) electrons. The molecule has 148 valence electrons. The molecule has 1 aromatic heterocycles. The molecule has 0 N–H and O–H groups in total. The predicted octanol–water partition coefficient (Wildman–Crippen LogP) is 5.59. The van der Waals surface area contributed by atoms with Crippen LogP contribution in [-0.4, -0.2) is 34.4 Å². The first-order valence-corrected chi connectivity index (χ1v) is 10.5. The standard InChI is InChI=1S/C21H16Cl3N3O2/c22-12-9-13-17(28)11-21(29-18(13)14(23)10-12)5-7-27(8-6-21)20-19(24)25-15-3-1-2-4-16(15)26-20/h1-4,9-10H,5-8,11H2. The van der Waals surface area contributed by atoms with Crippen molar-refractivity contribution >= 4 is 57.4 Å². The Hall–Kier alpha value is -2.08. The summed E-state index contributed by atoms with van der Waals surface area (Å²) in [6, 6.07) is 10.9. The van der Waals surface area contributed by atoms with E-state index in [2.05, 4.69) is 9.88 Å². The van der Waals surface area contributed by atoms with Crippen LogP contribution in [0.1, 0.15) is 29.6 Å². The molecule has 0 amide bonds. The number of hydrogen-bond donors (Lipinski definition) is 0. The number of rotatable bonds is 1. The molecule has 2 aliphatic rings. The van der Waals surface area contributed by atoms with Crippen LogP contribution in [0.2, 0.25) is 15.2 Å². The first kappa shape index (κ1) is 18.9. The molecule has 1 saturated heterocycles. The van der Waals surface area contributed by atoms with Gasteiger partial charge < -0.3 is 9.64 Å². The molecule has 2 aliphatic heterocycles. The number of aromatic nitrogens is 2. The lowest BCUT2D eigenvalue weighted by molar-refractivity contribution is 0.0232. The smallest absolute Gasteiger partial charge is 0.172 e. The van der Waals surface area contributed by atoms with E-state index < -0.39 is 5.60 Å². The second-order valence-corrected chi connectivity index (χ2v) is 8.66. The van der Waals surface area contributed by atoms with Crippen LogP contribution in [0.25, 0.3) is 11.0 Å². The van der Waals surface area contributed by atoms with Gasteiger partial charge in [0.2, 0.25) is 0 Å². The van der Waals surface area contributed by atoms with Gasteiger partial charge in [0, 0.05) is 31.0 Å². The maximum Gasteiger partial charge on any atom is 0.172 e. The van der Waals surface area contributed by atoms with Gasteiger partial charge in [0.1, 0.15) is 11.4 Å². The lowest BCUT2D eigenvalue weighted by Crippen LogP contribution is -2.51. The Bertz CT molecular complexity index is 1140. The van der Waals surface area contributed by atoms with E-state index in [4.69, 9.17) is 44.5 Å². The monoisotopic (exact) mass is 447 g/mol. The Kier molecular flexibility index (Phi) is 4.57. The number of nitrogens with zero attached hydrogens (tertiary/aromatic N) is 3. The molecule has 2 aromatic carbocycles. The van der Waals surface area contributed by atoms with E-state index in [0.29, 0.717) is 64.7 Å². The highest BCUT2D eigenvalue weighted by molar-refractivity contribution is 6.36. The molecule has 0 aliphatic carbocycles. The van der Waals surface area contributed by atoms with E-state index in [1.807, 2.05) is 24.3 Å². The molecule has 0 bridgehead atoms. The molecule has 1 fully saturated rings. The molecule has 1 spiro atoms. The molecule has 5 nitrogen and oxygen atoms in total. The number of ether oxygens (including phenoxy) is 1. The summed E-state index contributed by atoms with van der Waals surface area (Å²) in [5, 5.41) is 1.18. The van der Waals surface area contributed by atoms with Crippen LogP contribution < -0.4 is 9.64 Å². The number of piperidine rings is 1. The van der Waals surface area contributed by atoms with Gasteiger partial charge in [-0.2, -0.15) is 0 Å². The highest BCUT2D eigenvalue weighted by Gasteiger charge is 2.44. The van der Waals surface area contributed by atoms with Crippen molar-refractivity contribution in [2.75, 3.05) is 18.0 Å². The Morgan fingerprint density at radius 3 is 2.41 bits per heavy atom. The lowest BCUT2D eigenvalue weighted by Gasteiger charge is -2.44. The zero-order valence-electron chi connectivity index (χ0n) is 15.3. The third kappa shape index (κ3) is 3.31. The van der Waals surface area contributed by atoms with Crippen LogP contribution in [-0.2, 0) is 0 Å². The number of ketones is 1. The van der Waals surface area contributed by atoms with Gasteiger partial charge in [-0.3, -0.25) is 4.79 Å². The second-order valence-electron chi connectivity index (χ2n) is 7.46.